The van der Waals surface area contributed by atoms with Crippen LogP contribution in [-0.2, 0) is 17.6 Å². The maximum atomic E-state index is 12.9. The lowest BCUT2D eigenvalue weighted by molar-refractivity contribution is 0.0451. The highest BCUT2D eigenvalue weighted by molar-refractivity contribution is 6.05. The Morgan fingerprint density at radius 2 is 1.75 bits per heavy atom. The Kier molecular flexibility index (Phi) is 5.51. The molecule has 0 unspecified atom stereocenters. The topological polar surface area (TPSA) is 48.4 Å². The lowest BCUT2D eigenvalue weighted by Crippen LogP contribution is -2.16. The van der Waals surface area contributed by atoms with Crippen LogP contribution in [-0.4, -0.2) is 24.2 Å². The summed E-state index contributed by atoms with van der Waals surface area (Å²) in [6.07, 6.45) is 5.05. The van der Waals surface area contributed by atoms with E-state index in [0.717, 1.165) is 54.3 Å². The van der Waals surface area contributed by atoms with Crippen molar-refractivity contribution < 1.29 is 18.7 Å². The molecule has 2 aromatic carbocycles. The fraction of sp³-hybridized carbons (Fsp3) is 0.304. The molecule has 1 aliphatic rings. The van der Waals surface area contributed by atoms with Crippen molar-refractivity contribution in [2.75, 3.05) is 13.2 Å². The Morgan fingerprint density at radius 3 is 2.61 bits per heavy atom. The van der Waals surface area contributed by atoms with E-state index >= 15 is 0 Å². The first-order chi connectivity index (χ1) is 13.7. The van der Waals surface area contributed by atoms with Gasteiger partial charge in [0.2, 0.25) is 0 Å². The number of rotatable bonds is 5. The molecule has 0 atom stereocenters. The number of hydrogen-bond acceptors (Lipinski definition) is 4. The lowest BCUT2D eigenvalue weighted by Gasteiger charge is -2.15. The number of benzene rings is 2. The Bertz CT molecular complexity index is 985. The second-order valence-electron chi connectivity index (χ2n) is 6.93. The smallest absolute Gasteiger partial charge is 0.339 e. The molecule has 28 heavy (non-hydrogen) atoms. The van der Waals surface area contributed by atoms with Crippen molar-refractivity contribution in [1.29, 1.82) is 0 Å². The summed E-state index contributed by atoms with van der Waals surface area (Å²) < 4.78 is 24.0. The molecule has 4 nitrogen and oxygen atoms in total. The summed E-state index contributed by atoms with van der Waals surface area (Å²) >= 11 is 0. The minimum absolute atomic E-state index is 0.127. The van der Waals surface area contributed by atoms with Crippen LogP contribution in [0.2, 0.25) is 0 Å². The third kappa shape index (κ3) is 3.98. The van der Waals surface area contributed by atoms with Gasteiger partial charge in [0, 0.05) is 11.1 Å². The molecule has 3 aromatic rings. The van der Waals surface area contributed by atoms with E-state index in [1.165, 1.54) is 12.1 Å². The molecular formula is C23H22FNO3. The Labute approximate surface area is 163 Å². The van der Waals surface area contributed by atoms with Crippen molar-refractivity contribution >= 4 is 16.9 Å². The molecule has 1 aromatic heterocycles. The highest BCUT2D eigenvalue weighted by Gasteiger charge is 2.22. The van der Waals surface area contributed by atoms with E-state index < -0.39 is 0 Å². The van der Waals surface area contributed by atoms with Crippen LogP contribution in [0.4, 0.5) is 4.39 Å². The normalized spacial score (nSPS) is 13.6. The fourth-order valence-electron chi connectivity index (χ4n) is 3.68. The summed E-state index contributed by atoms with van der Waals surface area (Å²) in [6.45, 7) is 0.338. The highest BCUT2D eigenvalue weighted by Crippen LogP contribution is 2.29. The second-order valence-corrected chi connectivity index (χ2v) is 6.93. The predicted octanol–water partition coefficient (Wildman–Crippen LogP) is 4.88. The zero-order valence-electron chi connectivity index (χ0n) is 15.6. The lowest BCUT2D eigenvalue weighted by atomic mass is 9.97. The van der Waals surface area contributed by atoms with Crippen LogP contribution in [0.25, 0.3) is 10.9 Å². The first kappa shape index (κ1) is 18.4. The number of aryl methyl sites for hydroxylation is 1. The van der Waals surface area contributed by atoms with E-state index in [9.17, 15) is 9.18 Å². The minimum Gasteiger partial charge on any atom is -0.490 e. The molecule has 0 aliphatic heterocycles. The number of pyridine rings is 1. The van der Waals surface area contributed by atoms with Crippen molar-refractivity contribution in [1.82, 2.24) is 4.98 Å². The molecule has 4 rings (SSSR count). The molecule has 1 heterocycles. The van der Waals surface area contributed by atoms with Crippen LogP contribution >= 0.6 is 0 Å². The van der Waals surface area contributed by atoms with Crippen molar-refractivity contribution in [2.45, 2.75) is 32.1 Å². The van der Waals surface area contributed by atoms with Gasteiger partial charge in [0.25, 0.3) is 0 Å². The number of fused-ring (bicyclic) bond motifs is 2. The van der Waals surface area contributed by atoms with E-state index in [1.807, 2.05) is 24.3 Å². The third-order valence-electron chi connectivity index (χ3n) is 5.02. The summed E-state index contributed by atoms with van der Waals surface area (Å²) in [5.74, 6) is -0.107. The van der Waals surface area contributed by atoms with E-state index in [0.29, 0.717) is 11.3 Å². The zero-order chi connectivity index (χ0) is 19.3. The molecule has 0 fully saturated rings. The van der Waals surface area contributed by atoms with E-state index in [4.69, 9.17) is 14.5 Å². The second kappa shape index (κ2) is 8.38. The number of carbonyl (C=O) groups is 1. The third-order valence-corrected chi connectivity index (χ3v) is 5.02. The summed E-state index contributed by atoms with van der Waals surface area (Å²) in [4.78, 5) is 17.7. The van der Waals surface area contributed by atoms with Crippen LogP contribution in [0.15, 0.2) is 48.5 Å². The molecule has 0 radical (unpaired) electrons. The summed E-state index contributed by atoms with van der Waals surface area (Å²) in [5, 5.41) is 0.840. The number of para-hydroxylation sites is 1. The maximum Gasteiger partial charge on any atom is 0.339 e. The molecule has 0 amide bonds. The van der Waals surface area contributed by atoms with Crippen LogP contribution in [0.1, 0.15) is 40.9 Å². The molecule has 0 saturated heterocycles. The van der Waals surface area contributed by atoms with Crippen molar-refractivity contribution in [3.63, 3.8) is 0 Å². The molecule has 0 saturated carbocycles. The summed E-state index contributed by atoms with van der Waals surface area (Å²) in [5.41, 5.74) is 3.52. The van der Waals surface area contributed by atoms with Gasteiger partial charge in [-0.3, -0.25) is 4.98 Å². The van der Waals surface area contributed by atoms with Gasteiger partial charge in [0.15, 0.2) is 0 Å². The molecule has 0 spiro atoms. The van der Waals surface area contributed by atoms with Gasteiger partial charge >= 0.3 is 5.97 Å². The van der Waals surface area contributed by atoms with Crippen molar-refractivity contribution in [2.24, 2.45) is 0 Å². The molecular weight excluding hydrogens is 357 g/mol. The number of halogens is 1. The summed E-state index contributed by atoms with van der Waals surface area (Å²) in [7, 11) is 0. The SMILES string of the molecule is O=C(OCCOc1ccc(F)cc1)c1c2c(nc3ccccc13)CCCCC2. The van der Waals surface area contributed by atoms with Crippen LogP contribution in [0, 0.1) is 5.82 Å². The van der Waals surface area contributed by atoms with E-state index in [2.05, 4.69) is 0 Å². The zero-order valence-corrected chi connectivity index (χ0v) is 15.6. The average Bonchev–Trinajstić information content (AvgIpc) is 2.95. The first-order valence-electron chi connectivity index (χ1n) is 9.68. The van der Waals surface area contributed by atoms with Gasteiger partial charge < -0.3 is 9.47 Å². The Balaban J connectivity index is 1.51. The summed E-state index contributed by atoms with van der Waals surface area (Å²) in [6, 6.07) is 13.5. The number of ether oxygens (including phenoxy) is 2. The molecule has 5 heteroatoms. The first-order valence-corrected chi connectivity index (χ1v) is 9.68. The largest absolute Gasteiger partial charge is 0.490 e. The highest BCUT2D eigenvalue weighted by atomic mass is 19.1. The van der Waals surface area contributed by atoms with Gasteiger partial charge in [-0.05, 0) is 61.6 Å². The molecule has 0 N–H and O–H groups in total. The van der Waals surface area contributed by atoms with Gasteiger partial charge in [-0.15, -0.1) is 0 Å². The number of carbonyl (C=O) groups excluding carboxylic acids is 1. The minimum atomic E-state index is -0.334. The number of aromatic nitrogens is 1. The standard InChI is InChI=1S/C23H22FNO3/c24-16-10-12-17(13-11-16)27-14-15-28-23(26)22-18-6-2-1-3-8-20(18)25-21-9-5-4-7-19(21)22/h4-5,7,9-13H,1-3,6,8,14-15H2. The van der Waals surface area contributed by atoms with Crippen LogP contribution < -0.4 is 4.74 Å². The van der Waals surface area contributed by atoms with E-state index in [-0.39, 0.29) is 25.0 Å². The molecule has 144 valence electrons. The van der Waals surface area contributed by atoms with Crippen LogP contribution in [0.3, 0.4) is 0 Å². The van der Waals surface area contributed by atoms with Gasteiger partial charge in [0.05, 0.1) is 11.1 Å². The van der Waals surface area contributed by atoms with Crippen molar-refractivity contribution in [3.05, 3.63) is 71.2 Å². The van der Waals surface area contributed by atoms with Gasteiger partial charge in [-0.2, -0.15) is 0 Å². The van der Waals surface area contributed by atoms with Gasteiger partial charge in [0.1, 0.15) is 24.8 Å². The quantitative estimate of drug-likeness (QED) is 0.360. The monoisotopic (exact) mass is 379 g/mol. The number of nitrogens with zero attached hydrogens (tertiary/aromatic N) is 1. The fourth-order valence-corrected chi connectivity index (χ4v) is 3.68. The van der Waals surface area contributed by atoms with Gasteiger partial charge in [-0.1, -0.05) is 24.6 Å². The Hall–Kier alpha value is -2.95. The van der Waals surface area contributed by atoms with E-state index in [1.54, 1.807) is 12.1 Å². The maximum absolute atomic E-state index is 12.9. The van der Waals surface area contributed by atoms with Gasteiger partial charge in [-0.25, -0.2) is 9.18 Å². The Morgan fingerprint density at radius 1 is 0.964 bits per heavy atom. The predicted molar refractivity (Wildman–Crippen MR) is 105 cm³/mol. The molecule has 1 aliphatic carbocycles. The molecule has 0 bridgehead atoms. The van der Waals surface area contributed by atoms with Crippen LogP contribution in [0.5, 0.6) is 5.75 Å². The van der Waals surface area contributed by atoms with Crippen molar-refractivity contribution in [3.8, 4) is 5.75 Å². The average molecular weight is 379 g/mol. The number of esters is 1. The number of hydrogen-bond donors (Lipinski definition) is 0.